The van der Waals surface area contributed by atoms with Crippen LogP contribution in [0.3, 0.4) is 0 Å². The minimum atomic E-state index is -4.89. The van der Waals surface area contributed by atoms with Crippen molar-refractivity contribution >= 4 is 21.6 Å². The Bertz CT molecular complexity index is 1240. The van der Waals surface area contributed by atoms with E-state index in [-0.39, 0.29) is 22.0 Å². The summed E-state index contributed by atoms with van der Waals surface area (Å²) in [7, 11) is 0.0690. The Morgan fingerprint density at radius 1 is 1.12 bits per heavy atom. The Labute approximate surface area is 182 Å². The van der Waals surface area contributed by atoms with Crippen molar-refractivity contribution in [3.05, 3.63) is 66.0 Å². The lowest BCUT2D eigenvalue weighted by molar-refractivity contribution is -0.143. The number of alkyl halides is 3. The molecule has 12 heteroatoms. The average Bonchev–Trinajstić information content (AvgIpc) is 3.20. The highest BCUT2D eigenvalue weighted by Gasteiger charge is 2.40. The van der Waals surface area contributed by atoms with Crippen molar-refractivity contribution in [2.24, 2.45) is 0 Å². The summed E-state index contributed by atoms with van der Waals surface area (Å²) in [4.78, 5) is 12.6. The van der Waals surface area contributed by atoms with Crippen molar-refractivity contribution < 1.29 is 31.1 Å². The van der Waals surface area contributed by atoms with E-state index < -0.39 is 33.4 Å². The second kappa shape index (κ2) is 8.63. The van der Waals surface area contributed by atoms with Crippen molar-refractivity contribution in [3.63, 3.8) is 0 Å². The molecule has 0 aliphatic carbocycles. The number of sulfonamides is 1. The number of anilines is 1. The third-order valence-electron chi connectivity index (χ3n) is 4.48. The monoisotopic (exact) mass is 468 g/mol. The molecule has 0 fully saturated rings. The zero-order chi connectivity index (χ0) is 23.7. The Morgan fingerprint density at radius 3 is 2.34 bits per heavy atom. The lowest BCUT2D eigenvalue weighted by atomic mass is 10.2. The lowest BCUT2D eigenvalue weighted by Crippen LogP contribution is -2.23. The highest BCUT2D eigenvalue weighted by Crippen LogP contribution is 2.35. The Morgan fingerprint density at radius 2 is 1.78 bits per heavy atom. The summed E-state index contributed by atoms with van der Waals surface area (Å²) < 4.78 is 73.0. The number of carbonyl (C=O) groups excluding carboxylic acids is 1. The summed E-state index contributed by atoms with van der Waals surface area (Å²) in [5, 5.41) is 6.05. The van der Waals surface area contributed by atoms with E-state index in [4.69, 9.17) is 4.74 Å². The number of aromatic nitrogens is 2. The van der Waals surface area contributed by atoms with Crippen LogP contribution in [-0.4, -0.2) is 49.6 Å². The molecule has 1 amide bonds. The number of carbonyl (C=O) groups is 1. The van der Waals surface area contributed by atoms with Gasteiger partial charge in [-0.05, 0) is 30.3 Å². The summed E-state index contributed by atoms with van der Waals surface area (Å²) in [6.07, 6.45) is -4.09. The molecule has 32 heavy (non-hydrogen) atoms. The minimum Gasteiger partial charge on any atom is -0.495 e. The maximum atomic E-state index is 13.8. The van der Waals surface area contributed by atoms with Gasteiger partial charge in [0.1, 0.15) is 5.75 Å². The van der Waals surface area contributed by atoms with Crippen LogP contribution in [0.15, 0.2) is 59.6 Å². The fourth-order valence-corrected chi connectivity index (χ4v) is 3.83. The molecule has 0 unspecified atom stereocenters. The Hall–Kier alpha value is -3.38. The number of nitrogens with one attached hydrogen (secondary N) is 1. The predicted molar refractivity (Wildman–Crippen MR) is 110 cm³/mol. The molecule has 3 rings (SSSR count). The lowest BCUT2D eigenvalue weighted by Gasteiger charge is -2.16. The van der Waals surface area contributed by atoms with Gasteiger partial charge in [-0.2, -0.15) is 18.3 Å². The fourth-order valence-electron chi connectivity index (χ4n) is 2.90. The number of methoxy groups -OCH3 is 1. The number of benzene rings is 2. The van der Waals surface area contributed by atoms with Gasteiger partial charge in [-0.1, -0.05) is 18.2 Å². The highest BCUT2D eigenvalue weighted by atomic mass is 32.2. The quantitative estimate of drug-likeness (QED) is 0.599. The average molecular weight is 468 g/mol. The zero-order valence-electron chi connectivity index (χ0n) is 17.2. The smallest absolute Gasteiger partial charge is 0.434 e. The summed E-state index contributed by atoms with van der Waals surface area (Å²) in [5.74, 6) is -1.06. The topological polar surface area (TPSA) is 93.5 Å². The first-order valence-electron chi connectivity index (χ1n) is 9.09. The van der Waals surface area contributed by atoms with Crippen molar-refractivity contribution in [1.29, 1.82) is 0 Å². The van der Waals surface area contributed by atoms with Gasteiger partial charge < -0.3 is 10.1 Å². The maximum absolute atomic E-state index is 13.8. The van der Waals surface area contributed by atoms with Gasteiger partial charge >= 0.3 is 6.18 Å². The van der Waals surface area contributed by atoms with Gasteiger partial charge in [0, 0.05) is 14.1 Å². The molecule has 0 saturated heterocycles. The standard InChI is InChI=1S/C20H19F3N4O4S/c1-26(2)32(29,30)14-9-10-17(31-3)16(11-14)25-19(28)15-12-24-27(18(15)20(21,22)23)13-7-5-4-6-8-13/h4-12H,1-3H3,(H,25,28). The van der Waals surface area contributed by atoms with Crippen molar-refractivity contribution in [2.75, 3.05) is 26.5 Å². The molecule has 0 aliphatic rings. The predicted octanol–water partition coefficient (Wildman–Crippen LogP) is 3.40. The van der Waals surface area contributed by atoms with Gasteiger partial charge in [0.15, 0.2) is 5.69 Å². The molecule has 0 spiro atoms. The van der Waals surface area contributed by atoms with Crippen LogP contribution in [0.1, 0.15) is 16.1 Å². The molecule has 2 aromatic carbocycles. The van der Waals surface area contributed by atoms with Crippen molar-refractivity contribution in [3.8, 4) is 11.4 Å². The molecule has 0 bridgehead atoms. The number of nitrogens with zero attached hydrogens (tertiary/aromatic N) is 3. The van der Waals surface area contributed by atoms with Gasteiger partial charge in [-0.15, -0.1) is 0 Å². The van der Waals surface area contributed by atoms with Gasteiger partial charge in [0.05, 0.1) is 35.1 Å². The van der Waals surface area contributed by atoms with Gasteiger partial charge in [-0.3, -0.25) is 4.79 Å². The summed E-state index contributed by atoms with van der Waals surface area (Å²) in [6, 6.07) is 11.2. The van der Waals surface area contributed by atoms with Crippen LogP contribution in [0.4, 0.5) is 18.9 Å². The van der Waals surface area contributed by atoms with E-state index in [9.17, 15) is 26.4 Å². The second-order valence-corrected chi connectivity index (χ2v) is 8.91. The molecular weight excluding hydrogens is 449 g/mol. The number of amides is 1. The van der Waals surface area contributed by atoms with Crippen LogP contribution in [0.25, 0.3) is 5.69 Å². The number of hydrogen-bond acceptors (Lipinski definition) is 5. The van der Waals surface area contributed by atoms with E-state index in [1.165, 1.54) is 45.5 Å². The van der Waals surface area contributed by atoms with Crippen LogP contribution in [0, 0.1) is 0 Å². The Kier molecular flexibility index (Phi) is 6.28. The van der Waals surface area contributed by atoms with Crippen molar-refractivity contribution in [1.82, 2.24) is 14.1 Å². The Balaban J connectivity index is 2.06. The second-order valence-electron chi connectivity index (χ2n) is 6.76. The largest absolute Gasteiger partial charge is 0.495 e. The third kappa shape index (κ3) is 4.46. The van der Waals surface area contributed by atoms with Crippen LogP contribution >= 0.6 is 0 Å². The van der Waals surface area contributed by atoms with E-state index in [0.717, 1.165) is 16.6 Å². The molecule has 1 aromatic heterocycles. The molecule has 0 atom stereocenters. The number of rotatable bonds is 6. The molecule has 1 N–H and O–H groups in total. The molecule has 8 nitrogen and oxygen atoms in total. The molecular formula is C20H19F3N4O4S. The first-order chi connectivity index (χ1) is 15.0. The third-order valence-corrected chi connectivity index (χ3v) is 6.29. The minimum absolute atomic E-state index is 0.0695. The number of halogens is 3. The highest BCUT2D eigenvalue weighted by molar-refractivity contribution is 7.89. The molecule has 0 aliphatic heterocycles. The van der Waals surface area contributed by atoms with Gasteiger partial charge in [0.2, 0.25) is 10.0 Å². The van der Waals surface area contributed by atoms with Gasteiger partial charge in [-0.25, -0.2) is 17.4 Å². The van der Waals surface area contributed by atoms with Crippen LogP contribution in [0.5, 0.6) is 5.75 Å². The number of para-hydroxylation sites is 1. The molecule has 0 saturated carbocycles. The van der Waals surface area contributed by atoms with E-state index in [1.54, 1.807) is 18.2 Å². The molecule has 3 aromatic rings. The number of ether oxygens (including phenoxy) is 1. The summed E-state index contributed by atoms with van der Waals surface area (Å²) >= 11 is 0. The SMILES string of the molecule is COc1ccc(S(=O)(=O)N(C)C)cc1NC(=O)c1cnn(-c2ccccc2)c1C(F)(F)F. The summed E-state index contributed by atoms with van der Waals surface area (Å²) in [6.45, 7) is 0. The first kappa shape index (κ1) is 23.3. The van der Waals surface area contributed by atoms with E-state index in [1.807, 2.05) is 0 Å². The van der Waals surface area contributed by atoms with E-state index in [2.05, 4.69) is 10.4 Å². The zero-order valence-corrected chi connectivity index (χ0v) is 18.0. The molecule has 1 heterocycles. The van der Waals surface area contributed by atoms with Crippen LogP contribution in [0.2, 0.25) is 0 Å². The maximum Gasteiger partial charge on any atom is 0.434 e. The number of hydrogen-bond donors (Lipinski definition) is 1. The fraction of sp³-hybridized carbons (Fsp3) is 0.200. The van der Waals surface area contributed by atoms with E-state index >= 15 is 0 Å². The van der Waals surface area contributed by atoms with Crippen LogP contribution in [-0.2, 0) is 16.2 Å². The van der Waals surface area contributed by atoms with Gasteiger partial charge in [0.25, 0.3) is 5.91 Å². The first-order valence-corrected chi connectivity index (χ1v) is 10.5. The van der Waals surface area contributed by atoms with Crippen LogP contribution < -0.4 is 10.1 Å². The van der Waals surface area contributed by atoms with Crippen molar-refractivity contribution in [2.45, 2.75) is 11.1 Å². The normalized spacial score (nSPS) is 12.1. The molecule has 170 valence electrons. The summed E-state index contributed by atoms with van der Waals surface area (Å²) in [5.41, 5.74) is -1.99. The molecule has 0 radical (unpaired) electrons. The van der Waals surface area contributed by atoms with E-state index in [0.29, 0.717) is 4.68 Å².